The second kappa shape index (κ2) is 8.00. The van der Waals surface area contributed by atoms with E-state index in [0.29, 0.717) is 17.9 Å². The lowest BCUT2D eigenvalue weighted by Gasteiger charge is -2.12. The topological polar surface area (TPSA) is 114 Å². The summed E-state index contributed by atoms with van der Waals surface area (Å²) in [5, 5.41) is 7.85. The van der Waals surface area contributed by atoms with Crippen LogP contribution < -0.4 is 20.7 Å². The number of urea groups is 1. The minimum absolute atomic E-state index is 0.0294. The minimum atomic E-state index is -3.03. The smallest absolute Gasteiger partial charge is 0.315 e. The van der Waals surface area contributed by atoms with E-state index in [1.165, 1.54) is 0 Å². The van der Waals surface area contributed by atoms with Gasteiger partial charge in [-0.3, -0.25) is 4.79 Å². The van der Waals surface area contributed by atoms with E-state index in [2.05, 4.69) is 16.0 Å². The van der Waals surface area contributed by atoms with E-state index in [9.17, 15) is 18.0 Å². The van der Waals surface area contributed by atoms with Crippen LogP contribution in [0, 0.1) is 0 Å². The highest BCUT2D eigenvalue weighted by Crippen LogP contribution is 2.15. The first kappa shape index (κ1) is 18.1. The Kier molecular flexibility index (Phi) is 6.02. The molecule has 0 bridgehead atoms. The molecule has 2 rings (SSSR count). The van der Waals surface area contributed by atoms with E-state index in [4.69, 9.17) is 4.74 Å². The third-order valence-corrected chi connectivity index (χ3v) is 5.35. The molecule has 9 heteroatoms. The Morgan fingerprint density at radius 2 is 1.96 bits per heavy atom. The summed E-state index contributed by atoms with van der Waals surface area (Å²) in [6, 6.07) is 6.08. The number of benzene rings is 1. The first-order chi connectivity index (χ1) is 11.4. The number of sulfone groups is 1. The average molecular weight is 355 g/mol. The molecular formula is C15H21N3O5S. The summed E-state index contributed by atoms with van der Waals surface area (Å²) in [5.41, 5.74) is 0.640. The van der Waals surface area contributed by atoms with Crippen LogP contribution in [0.2, 0.25) is 0 Å². The number of carbonyl (C=O) groups excluding carboxylic acids is 2. The standard InChI is InChI=1S/C15H21N3O5S/c1-23-13-4-2-11(3-5-13)17-14(19)6-8-16-15(20)18-12-7-9-24(21,22)10-12/h2-5,12H,6-10H2,1H3,(H,17,19)(H2,16,18,20)/t12-/m0/s1. The number of methoxy groups -OCH3 is 1. The lowest BCUT2D eigenvalue weighted by Crippen LogP contribution is -2.43. The molecule has 0 aromatic heterocycles. The number of amides is 3. The Morgan fingerprint density at radius 1 is 1.25 bits per heavy atom. The van der Waals surface area contributed by atoms with Crippen LogP contribution in [-0.4, -0.2) is 51.6 Å². The van der Waals surface area contributed by atoms with Crippen LogP contribution >= 0.6 is 0 Å². The number of hydrogen-bond acceptors (Lipinski definition) is 5. The molecule has 1 aromatic rings. The maximum atomic E-state index is 11.8. The van der Waals surface area contributed by atoms with Gasteiger partial charge < -0.3 is 20.7 Å². The second-order valence-electron chi connectivity index (χ2n) is 5.53. The van der Waals surface area contributed by atoms with Crippen LogP contribution in [-0.2, 0) is 14.6 Å². The van der Waals surface area contributed by atoms with Crippen LogP contribution in [0.3, 0.4) is 0 Å². The highest BCUT2D eigenvalue weighted by atomic mass is 32.2. The molecule has 3 N–H and O–H groups in total. The highest BCUT2D eigenvalue weighted by molar-refractivity contribution is 7.91. The van der Waals surface area contributed by atoms with E-state index in [1.807, 2.05) is 0 Å². The first-order valence-corrected chi connectivity index (χ1v) is 9.39. The Morgan fingerprint density at radius 3 is 2.54 bits per heavy atom. The molecule has 8 nitrogen and oxygen atoms in total. The number of nitrogens with one attached hydrogen (secondary N) is 3. The molecule has 0 saturated carbocycles. The predicted octanol–water partition coefficient (Wildman–Crippen LogP) is 0.510. The van der Waals surface area contributed by atoms with Gasteiger partial charge in [-0.1, -0.05) is 0 Å². The van der Waals surface area contributed by atoms with Crippen LogP contribution in [0.4, 0.5) is 10.5 Å². The average Bonchev–Trinajstić information content (AvgIpc) is 2.86. The molecular weight excluding hydrogens is 334 g/mol. The number of ether oxygens (including phenoxy) is 1. The van der Waals surface area contributed by atoms with Crippen LogP contribution in [0.25, 0.3) is 0 Å². The van der Waals surface area contributed by atoms with E-state index in [-0.39, 0.29) is 36.4 Å². The molecule has 0 aliphatic carbocycles. The van der Waals surface area contributed by atoms with Gasteiger partial charge in [0, 0.05) is 24.7 Å². The summed E-state index contributed by atoms with van der Waals surface area (Å²) in [7, 11) is -1.47. The van der Waals surface area contributed by atoms with Crippen molar-refractivity contribution in [3.8, 4) is 5.75 Å². The molecule has 1 saturated heterocycles. The third kappa shape index (κ3) is 5.73. The summed E-state index contributed by atoms with van der Waals surface area (Å²) in [6.07, 6.45) is 0.538. The molecule has 132 valence electrons. The van der Waals surface area contributed by atoms with E-state index in [1.54, 1.807) is 31.4 Å². The highest BCUT2D eigenvalue weighted by Gasteiger charge is 2.28. The van der Waals surface area contributed by atoms with Gasteiger partial charge in [-0.05, 0) is 30.7 Å². The lowest BCUT2D eigenvalue weighted by molar-refractivity contribution is -0.116. The van der Waals surface area contributed by atoms with Crippen molar-refractivity contribution in [1.29, 1.82) is 0 Å². The molecule has 1 aliphatic heterocycles. The zero-order valence-corrected chi connectivity index (χ0v) is 14.2. The van der Waals surface area contributed by atoms with Crippen molar-refractivity contribution in [2.75, 3.05) is 30.5 Å². The largest absolute Gasteiger partial charge is 0.497 e. The quantitative estimate of drug-likeness (QED) is 0.688. The zero-order valence-electron chi connectivity index (χ0n) is 13.4. The van der Waals surface area contributed by atoms with Crippen molar-refractivity contribution in [2.45, 2.75) is 18.9 Å². The van der Waals surface area contributed by atoms with Gasteiger partial charge in [0.2, 0.25) is 5.91 Å². The molecule has 3 amide bonds. The van der Waals surface area contributed by atoms with Gasteiger partial charge in [-0.25, -0.2) is 13.2 Å². The van der Waals surface area contributed by atoms with E-state index >= 15 is 0 Å². The molecule has 0 unspecified atom stereocenters. The fourth-order valence-corrected chi connectivity index (χ4v) is 4.01. The van der Waals surface area contributed by atoms with Gasteiger partial charge in [0.25, 0.3) is 0 Å². The Balaban J connectivity index is 1.65. The second-order valence-corrected chi connectivity index (χ2v) is 7.76. The normalized spacial score (nSPS) is 18.6. The summed E-state index contributed by atoms with van der Waals surface area (Å²) in [5.74, 6) is 0.532. The Bertz CT molecular complexity index is 688. The maximum absolute atomic E-state index is 11.8. The fraction of sp³-hybridized carbons (Fsp3) is 0.467. The van der Waals surface area contributed by atoms with Gasteiger partial charge in [0.15, 0.2) is 9.84 Å². The number of anilines is 1. The molecule has 1 atom stereocenters. The van der Waals surface area contributed by atoms with E-state index in [0.717, 1.165) is 0 Å². The predicted molar refractivity (Wildman–Crippen MR) is 89.8 cm³/mol. The molecule has 1 aliphatic rings. The van der Waals surface area contributed by atoms with Crippen LogP contribution in [0.1, 0.15) is 12.8 Å². The molecule has 0 spiro atoms. The van der Waals surface area contributed by atoms with Gasteiger partial charge in [-0.2, -0.15) is 0 Å². The van der Waals surface area contributed by atoms with Crippen LogP contribution in [0.5, 0.6) is 5.75 Å². The first-order valence-electron chi connectivity index (χ1n) is 7.56. The monoisotopic (exact) mass is 355 g/mol. The van der Waals surface area contributed by atoms with Crippen molar-refractivity contribution in [2.24, 2.45) is 0 Å². The number of carbonyl (C=O) groups is 2. The molecule has 0 radical (unpaired) electrons. The van der Waals surface area contributed by atoms with Gasteiger partial charge in [-0.15, -0.1) is 0 Å². The van der Waals surface area contributed by atoms with Crippen molar-refractivity contribution < 1.29 is 22.7 Å². The summed E-state index contributed by atoms with van der Waals surface area (Å²) in [4.78, 5) is 23.4. The Labute approximate surface area is 140 Å². The SMILES string of the molecule is COc1ccc(NC(=O)CCNC(=O)N[C@H]2CCS(=O)(=O)C2)cc1. The minimum Gasteiger partial charge on any atom is -0.497 e. The molecule has 1 fully saturated rings. The maximum Gasteiger partial charge on any atom is 0.315 e. The number of hydrogen-bond donors (Lipinski definition) is 3. The fourth-order valence-electron chi connectivity index (χ4n) is 2.33. The summed E-state index contributed by atoms with van der Waals surface area (Å²) in [6.45, 7) is 0.160. The zero-order chi connectivity index (χ0) is 17.6. The van der Waals surface area contributed by atoms with Crippen molar-refractivity contribution in [3.63, 3.8) is 0 Å². The van der Waals surface area contributed by atoms with Gasteiger partial charge >= 0.3 is 6.03 Å². The lowest BCUT2D eigenvalue weighted by atomic mass is 10.3. The van der Waals surface area contributed by atoms with Gasteiger partial charge in [0.05, 0.1) is 18.6 Å². The van der Waals surface area contributed by atoms with Crippen molar-refractivity contribution in [3.05, 3.63) is 24.3 Å². The molecule has 1 heterocycles. The number of rotatable bonds is 6. The van der Waals surface area contributed by atoms with Gasteiger partial charge in [0.1, 0.15) is 5.75 Å². The summed E-state index contributed by atoms with van der Waals surface area (Å²) >= 11 is 0. The third-order valence-electron chi connectivity index (χ3n) is 3.58. The molecule has 24 heavy (non-hydrogen) atoms. The summed E-state index contributed by atoms with van der Waals surface area (Å²) < 4.78 is 27.6. The van der Waals surface area contributed by atoms with E-state index < -0.39 is 15.9 Å². The van der Waals surface area contributed by atoms with Crippen LogP contribution in [0.15, 0.2) is 24.3 Å². The van der Waals surface area contributed by atoms with Crippen molar-refractivity contribution in [1.82, 2.24) is 10.6 Å². The Hall–Kier alpha value is -2.29. The molecule has 1 aromatic carbocycles. The van der Waals surface area contributed by atoms with Crippen molar-refractivity contribution >= 4 is 27.5 Å².